The summed E-state index contributed by atoms with van der Waals surface area (Å²) in [7, 11) is 1.54. The number of piperidine rings is 1. The molecule has 6 nitrogen and oxygen atoms in total. The third-order valence-electron chi connectivity index (χ3n) is 2.78. The molecule has 0 spiro atoms. The van der Waals surface area contributed by atoms with Gasteiger partial charge in [0.15, 0.2) is 5.69 Å². The van der Waals surface area contributed by atoms with Crippen LogP contribution in [0, 0.1) is 5.92 Å². The molecule has 1 aromatic heterocycles. The van der Waals surface area contributed by atoms with Crippen LogP contribution in [0.5, 0.6) is 5.88 Å². The largest absolute Gasteiger partial charge is 0.477 e. The molecule has 15 heavy (non-hydrogen) atoms. The second-order valence-corrected chi connectivity index (χ2v) is 3.75. The Morgan fingerprint density at radius 3 is 3.00 bits per heavy atom. The molecule has 2 N–H and O–H groups in total. The van der Waals surface area contributed by atoms with Crippen LogP contribution in [0.4, 0.5) is 0 Å². The van der Waals surface area contributed by atoms with Crippen molar-refractivity contribution in [2.24, 2.45) is 5.92 Å². The van der Waals surface area contributed by atoms with E-state index in [1.165, 1.54) is 0 Å². The van der Waals surface area contributed by atoms with Crippen LogP contribution in [0.2, 0.25) is 0 Å². The fourth-order valence-corrected chi connectivity index (χ4v) is 1.85. The van der Waals surface area contributed by atoms with Crippen molar-refractivity contribution >= 4 is 0 Å². The van der Waals surface area contributed by atoms with Crippen molar-refractivity contribution in [2.45, 2.75) is 18.9 Å². The normalized spacial score (nSPS) is 26.5. The highest BCUT2D eigenvalue weighted by Crippen LogP contribution is 2.28. The average Bonchev–Trinajstić information content (AvgIpc) is 2.77. The van der Waals surface area contributed by atoms with Crippen LogP contribution in [0.15, 0.2) is 4.63 Å². The van der Waals surface area contributed by atoms with E-state index in [2.05, 4.69) is 20.3 Å². The highest BCUT2D eigenvalue weighted by molar-refractivity contribution is 5.19. The van der Waals surface area contributed by atoms with Gasteiger partial charge < -0.3 is 15.2 Å². The van der Waals surface area contributed by atoms with E-state index < -0.39 is 0 Å². The molecule has 1 fully saturated rings. The molecule has 2 heterocycles. The van der Waals surface area contributed by atoms with E-state index in [0.717, 1.165) is 19.4 Å². The molecular formula is C9H15N3O3. The first-order valence-electron chi connectivity index (χ1n) is 5.05. The second-order valence-electron chi connectivity index (χ2n) is 3.75. The van der Waals surface area contributed by atoms with E-state index >= 15 is 0 Å². The molecule has 1 saturated heterocycles. The number of nitrogens with zero attached hydrogens (tertiary/aromatic N) is 2. The first kappa shape index (κ1) is 10.4. The molecular weight excluding hydrogens is 198 g/mol. The molecule has 6 heteroatoms. The van der Waals surface area contributed by atoms with Gasteiger partial charge in [-0.3, -0.25) is 0 Å². The van der Waals surface area contributed by atoms with Crippen LogP contribution in [-0.2, 0) is 0 Å². The zero-order valence-electron chi connectivity index (χ0n) is 8.64. The monoisotopic (exact) mass is 213 g/mol. The van der Waals surface area contributed by atoms with E-state index in [4.69, 9.17) is 9.84 Å². The van der Waals surface area contributed by atoms with E-state index in [1.54, 1.807) is 7.11 Å². The van der Waals surface area contributed by atoms with Gasteiger partial charge in [-0.2, -0.15) is 0 Å². The SMILES string of the molecule is COc1nonc1C1CCC(CO)CN1. The van der Waals surface area contributed by atoms with E-state index in [9.17, 15) is 0 Å². The zero-order valence-corrected chi connectivity index (χ0v) is 8.64. The predicted molar refractivity (Wildman–Crippen MR) is 51.4 cm³/mol. The maximum Gasteiger partial charge on any atom is 0.280 e. The van der Waals surface area contributed by atoms with Gasteiger partial charge in [-0.25, -0.2) is 4.63 Å². The van der Waals surface area contributed by atoms with Gasteiger partial charge in [-0.1, -0.05) is 0 Å². The number of nitrogens with one attached hydrogen (secondary N) is 1. The second kappa shape index (κ2) is 4.59. The van der Waals surface area contributed by atoms with Crippen LogP contribution in [-0.4, -0.2) is 35.7 Å². The van der Waals surface area contributed by atoms with Gasteiger partial charge in [0.1, 0.15) is 0 Å². The molecule has 0 saturated carbocycles. The fourth-order valence-electron chi connectivity index (χ4n) is 1.85. The Labute approximate surface area is 87.6 Å². The average molecular weight is 213 g/mol. The summed E-state index contributed by atoms with van der Waals surface area (Å²) in [6, 6.07) is 0.119. The summed E-state index contributed by atoms with van der Waals surface area (Å²) < 4.78 is 9.66. The van der Waals surface area contributed by atoms with Crippen LogP contribution in [0.25, 0.3) is 0 Å². The summed E-state index contributed by atoms with van der Waals surface area (Å²) in [6.07, 6.45) is 1.89. The Morgan fingerprint density at radius 1 is 1.53 bits per heavy atom. The number of methoxy groups -OCH3 is 1. The summed E-state index contributed by atoms with van der Waals surface area (Å²) >= 11 is 0. The van der Waals surface area contributed by atoms with Crippen LogP contribution >= 0.6 is 0 Å². The fraction of sp³-hybridized carbons (Fsp3) is 0.778. The standard InChI is InChI=1S/C9H15N3O3/c1-14-9-8(11-15-12-9)7-3-2-6(5-13)4-10-7/h6-7,10,13H,2-5H2,1H3. The van der Waals surface area contributed by atoms with Crippen molar-refractivity contribution in [3.63, 3.8) is 0 Å². The van der Waals surface area contributed by atoms with Gasteiger partial charge >= 0.3 is 0 Å². The molecule has 1 aromatic rings. The van der Waals surface area contributed by atoms with E-state index in [-0.39, 0.29) is 12.6 Å². The highest BCUT2D eigenvalue weighted by atomic mass is 16.6. The first-order valence-corrected chi connectivity index (χ1v) is 5.05. The lowest BCUT2D eigenvalue weighted by atomic mass is 9.94. The minimum absolute atomic E-state index is 0.119. The minimum Gasteiger partial charge on any atom is -0.477 e. The number of aromatic nitrogens is 2. The molecule has 1 aliphatic rings. The van der Waals surface area contributed by atoms with Crippen LogP contribution < -0.4 is 10.1 Å². The van der Waals surface area contributed by atoms with Gasteiger partial charge in [0, 0.05) is 13.2 Å². The Morgan fingerprint density at radius 2 is 2.40 bits per heavy atom. The number of ether oxygens (including phenoxy) is 1. The number of aliphatic hydroxyl groups excluding tert-OH is 1. The predicted octanol–water partition coefficient (Wildman–Crippen LogP) is 0.111. The van der Waals surface area contributed by atoms with Gasteiger partial charge in [-0.05, 0) is 29.1 Å². The molecule has 2 unspecified atom stereocenters. The molecule has 0 radical (unpaired) electrons. The number of rotatable bonds is 3. The topological polar surface area (TPSA) is 80.4 Å². The lowest BCUT2D eigenvalue weighted by molar-refractivity contribution is 0.181. The Kier molecular flexibility index (Phi) is 3.17. The summed E-state index contributed by atoms with van der Waals surface area (Å²) in [5, 5.41) is 19.8. The van der Waals surface area contributed by atoms with Crippen LogP contribution in [0.3, 0.4) is 0 Å². The number of aliphatic hydroxyl groups is 1. The zero-order chi connectivity index (χ0) is 10.7. The summed E-state index contributed by atoms with van der Waals surface area (Å²) in [4.78, 5) is 0. The van der Waals surface area contributed by atoms with Gasteiger partial charge in [0.05, 0.1) is 13.2 Å². The van der Waals surface area contributed by atoms with Gasteiger partial charge in [0.2, 0.25) is 0 Å². The third-order valence-corrected chi connectivity index (χ3v) is 2.78. The number of hydrogen-bond acceptors (Lipinski definition) is 6. The van der Waals surface area contributed by atoms with Crippen molar-refractivity contribution in [3.05, 3.63) is 5.69 Å². The molecule has 0 aromatic carbocycles. The lowest BCUT2D eigenvalue weighted by Gasteiger charge is -2.27. The molecule has 2 rings (SSSR count). The van der Waals surface area contributed by atoms with E-state index in [0.29, 0.717) is 17.5 Å². The van der Waals surface area contributed by atoms with Crippen molar-refractivity contribution in [1.29, 1.82) is 0 Å². The minimum atomic E-state index is 0.119. The van der Waals surface area contributed by atoms with Crippen molar-refractivity contribution < 1.29 is 14.5 Å². The maximum atomic E-state index is 9.00. The molecule has 84 valence electrons. The van der Waals surface area contributed by atoms with E-state index in [1.807, 2.05) is 0 Å². The van der Waals surface area contributed by atoms with Crippen molar-refractivity contribution in [3.8, 4) is 5.88 Å². The van der Waals surface area contributed by atoms with Crippen molar-refractivity contribution in [1.82, 2.24) is 15.6 Å². The summed E-state index contributed by atoms with van der Waals surface area (Å²) in [6.45, 7) is 1.02. The first-order chi connectivity index (χ1) is 7.35. The van der Waals surface area contributed by atoms with Gasteiger partial charge in [0.25, 0.3) is 5.88 Å². The smallest absolute Gasteiger partial charge is 0.280 e. The highest BCUT2D eigenvalue weighted by Gasteiger charge is 2.26. The third kappa shape index (κ3) is 2.10. The lowest BCUT2D eigenvalue weighted by Crippen LogP contribution is -2.35. The Hall–Kier alpha value is -1.14. The Bertz CT molecular complexity index is 307. The molecule has 0 bridgehead atoms. The van der Waals surface area contributed by atoms with Crippen LogP contribution in [0.1, 0.15) is 24.6 Å². The molecule has 1 aliphatic heterocycles. The van der Waals surface area contributed by atoms with Gasteiger partial charge in [-0.15, -0.1) is 0 Å². The molecule has 0 amide bonds. The quantitative estimate of drug-likeness (QED) is 0.741. The number of hydrogen-bond donors (Lipinski definition) is 2. The van der Waals surface area contributed by atoms with Crippen molar-refractivity contribution in [2.75, 3.05) is 20.3 Å². The maximum absolute atomic E-state index is 9.00. The summed E-state index contributed by atoms with van der Waals surface area (Å²) in [5.41, 5.74) is 0.717. The molecule has 0 aliphatic carbocycles. The molecule has 2 atom stereocenters. The summed E-state index contributed by atoms with van der Waals surface area (Å²) in [5.74, 6) is 0.780. The Balaban J connectivity index is 2.01.